The van der Waals surface area contributed by atoms with Crippen molar-refractivity contribution in [1.29, 1.82) is 5.26 Å². The summed E-state index contributed by atoms with van der Waals surface area (Å²) in [5, 5.41) is 9.07. The fourth-order valence-electron chi connectivity index (χ4n) is 3.14. The average Bonchev–Trinajstić information content (AvgIpc) is 2.79. The molecule has 1 aliphatic heterocycles. The highest BCUT2D eigenvalue weighted by Gasteiger charge is 2.52. The molecule has 21 heavy (non-hydrogen) atoms. The molecule has 2 rings (SSSR count). The summed E-state index contributed by atoms with van der Waals surface area (Å²) in [6.07, 6.45) is 2.92. The minimum atomic E-state index is -0.591. The molecule has 4 atom stereocenters. The highest BCUT2D eigenvalue weighted by molar-refractivity contribution is 5.17. The number of benzene rings is 1. The molecule has 0 aliphatic carbocycles. The summed E-state index contributed by atoms with van der Waals surface area (Å²) in [6.45, 7) is 8.68. The summed E-state index contributed by atoms with van der Waals surface area (Å²) >= 11 is 0. The summed E-state index contributed by atoms with van der Waals surface area (Å²) in [6, 6.07) is 12.3. The van der Waals surface area contributed by atoms with Gasteiger partial charge in [-0.15, -0.1) is 6.58 Å². The Hall–Kier alpha value is -1.63. The zero-order valence-corrected chi connectivity index (χ0v) is 12.8. The van der Waals surface area contributed by atoms with Crippen LogP contribution in [0, 0.1) is 17.2 Å². The molecule has 1 aromatic carbocycles. The second-order valence-corrected chi connectivity index (χ2v) is 5.55. The summed E-state index contributed by atoms with van der Waals surface area (Å²) < 4.78 is 12.3. The highest BCUT2D eigenvalue weighted by atomic mass is 16.6. The minimum Gasteiger partial charge on any atom is -0.370 e. The maximum Gasteiger partial charge on any atom is 0.118 e. The zero-order valence-electron chi connectivity index (χ0n) is 12.8. The molecular weight excluding hydrogens is 262 g/mol. The molecule has 3 nitrogen and oxygen atoms in total. The van der Waals surface area contributed by atoms with Gasteiger partial charge in [-0.05, 0) is 12.0 Å². The van der Waals surface area contributed by atoms with Gasteiger partial charge in [0.2, 0.25) is 0 Å². The van der Waals surface area contributed by atoms with Gasteiger partial charge in [-0.1, -0.05) is 50.3 Å². The molecule has 1 fully saturated rings. The standard InChI is InChI=1S/C18H23NO2/c1-4-16-14(3)18(5-2,17(21-16)11-12-19)20-13-15-9-7-6-8-10-15/h5-10,14,16-17H,2,4,11,13H2,1,3H3/t14-,16-,17?,18-/m1/s1. The molecule has 1 aliphatic rings. The van der Waals surface area contributed by atoms with Gasteiger partial charge in [0.1, 0.15) is 11.7 Å². The molecule has 3 heteroatoms. The van der Waals surface area contributed by atoms with Crippen LogP contribution < -0.4 is 0 Å². The molecule has 0 bridgehead atoms. The number of ether oxygens (including phenoxy) is 2. The predicted octanol–water partition coefficient (Wildman–Crippen LogP) is 3.86. The Morgan fingerprint density at radius 1 is 1.43 bits per heavy atom. The molecule has 0 saturated carbocycles. The Labute approximate surface area is 127 Å². The van der Waals surface area contributed by atoms with E-state index in [0.29, 0.717) is 13.0 Å². The zero-order chi connectivity index (χ0) is 15.3. The van der Waals surface area contributed by atoms with Crippen LogP contribution in [0.25, 0.3) is 0 Å². The first kappa shape index (κ1) is 15.8. The molecule has 1 unspecified atom stereocenters. The first-order valence-corrected chi connectivity index (χ1v) is 7.51. The van der Waals surface area contributed by atoms with E-state index < -0.39 is 5.60 Å². The Balaban J connectivity index is 2.20. The third-order valence-electron chi connectivity index (χ3n) is 4.44. The Morgan fingerprint density at radius 2 is 2.14 bits per heavy atom. The average molecular weight is 285 g/mol. The Kier molecular flexibility index (Phi) is 5.17. The van der Waals surface area contributed by atoms with E-state index >= 15 is 0 Å². The monoisotopic (exact) mass is 285 g/mol. The third kappa shape index (κ3) is 3.02. The smallest absolute Gasteiger partial charge is 0.118 e. The van der Waals surface area contributed by atoms with E-state index in [1.165, 1.54) is 0 Å². The van der Waals surface area contributed by atoms with Crippen LogP contribution in [0.3, 0.4) is 0 Å². The summed E-state index contributed by atoms with van der Waals surface area (Å²) in [5.74, 6) is 0.182. The van der Waals surface area contributed by atoms with Crippen molar-refractivity contribution in [2.75, 3.05) is 0 Å². The molecular formula is C18H23NO2. The van der Waals surface area contributed by atoms with Crippen molar-refractivity contribution < 1.29 is 9.47 Å². The lowest BCUT2D eigenvalue weighted by Gasteiger charge is -2.34. The number of nitriles is 1. The molecule has 0 spiro atoms. The van der Waals surface area contributed by atoms with Crippen LogP contribution in [0.15, 0.2) is 43.0 Å². The van der Waals surface area contributed by atoms with E-state index in [1.54, 1.807) is 0 Å². The number of hydrogen-bond acceptors (Lipinski definition) is 3. The first-order chi connectivity index (χ1) is 10.2. The van der Waals surface area contributed by atoms with Crippen LogP contribution in [0.5, 0.6) is 0 Å². The summed E-state index contributed by atoms with van der Waals surface area (Å²) in [4.78, 5) is 0. The van der Waals surface area contributed by atoms with E-state index in [0.717, 1.165) is 12.0 Å². The first-order valence-electron chi connectivity index (χ1n) is 7.51. The maximum atomic E-state index is 9.07. The lowest BCUT2D eigenvalue weighted by atomic mass is 9.82. The van der Waals surface area contributed by atoms with Crippen molar-refractivity contribution in [1.82, 2.24) is 0 Å². The largest absolute Gasteiger partial charge is 0.370 e. The van der Waals surface area contributed by atoms with Gasteiger partial charge in [-0.25, -0.2) is 0 Å². The molecule has 1 aromatic rings. The fourth-order valence-corrected chi connectivity index (χ4v) is 3.14. The van der Waals surface area contributed by atoms with Crippen molar-refractivity contribution in [3.05, 3.63) is 48.6 Å². The van der Waals surface area contributed by atoms with Gasteiger partial charge in [0.15, 0.2) is 0 Å². The molecule has 0 amide bonds. The summed E-state index contributed by atoms with van der Waals surface area (Å²) in [5.41, 5.74) is 0.522. The quantitative estimate of drug-likeness (QED) is 0.745. The maximum absolute atomic E-state index is 9.07. The van der Waals surface area contributed by atoms with E-state index in [-0.39, 0.29) is 18.1 Å². The normalized spacial score (nSPS) is 31.8. The predicted molar refractivity (Wildman–Crippen MR) is 82.5 cm³/mol. The van der Waals surface area contributed by atoms with E-state index in [1.807, 2.05) is 36.4 Å². The molecule has 0 aromatic heterocycles. The number of nitrogens with zero attached hydrogens (tertiary/aromatic N) is 1. The Bertz CT molecular complexity index is 508. The second kappa shape index (κ2) is 6.89. The van der Waals surface area contributed by atoms with Gasteiger partial charge >= 0.3 is 0 Å². The van der Waals surface area contributed by atoms with Crippen molar-refractivity contribution in [2.45, 2.75) is 51.1 Å². The molecule has 1 heterocycles. The van der Waals surface area contributed by atoms with Crippen molar-refractivity contribution in [2.24, 2.45) is 5.92 Å². The third-order valence-corrected chi connectivity index (χ3v) is 4.44. The molecule has 1 saturated heterocycles. The van der Waals surface area contributed by atoms with Crippen LogP contribution in [-0.4, -0.2) is 17.8 Å². The van der Waals surface area contributed by atoms with Gasteiger partial charge in [0.25, 0.3) is 0 Å². The SMILES string of the molecule is C=C[C@]1(OCc2ccccc2)C(CC#N)O[C@H](CC)[C@H]1C. The lowest BCUT2D eigenvalue weighted by molar-refractivity contribution is -0.0809. The highest BCUT2D eigenvalue weighted by Crippen LogP contribution is 2.43. The fraction of sp³-hybridized carbons (Fsp3) is 0.500. The van der Waals surface area contributed by atoms with Crippen molar-refractivity contribution in [3.8, 4) is 6.07 Å². The van der Waals surface area contributed by atoms with Crippen LogP contribution in [-0.2, 0) is 16.1 Å². The van der Waals surface area contributed by atoms with Crippen molar-refractivity contribution >= 4 is 0 Å². The van der Waals surface area contributed by atoms with Gasteiger partial charge in [-0.2, -0.15) is 5.26 Å². The molecule has 0 radical (unpaired) electrons. The minimum absolute atomic E-state index is 0.108. The number of rotatable bonds is 6. The second-order valence-electron chi connectivity index (χ2n) is 5.55. The van der Waals surface area contributed by atoms with Gasteiger partial charge in [0.05, 0.1) is 25.2 Å². The van der Waals surface area contributed by atoms with E-state index in [2.05, 4.69) is 26.5 Å². The molecule has 0 N–H and O–H groups in total. The van der Waals surface area contributed by atoms with Gasteiger partial charge < -0.3 is 9.47 Å². The number of hydrogen-bond donors (Lipinski definition) is 0. The van der Waals surface area contributed by atoms with Gasteiger partial charge in [-0.3, -0.25) is 0 Å². The van der Waals surface area contributed by atoms with Gasteiger partial charge in [0, 0.05) is 5.92 Å². The topological polar surface area (TPSA) is 42.2 Å². The van der Waals surface area contributed by atoms with Crippen LogP contribution >= 0.6 is 0 Å². The Morgan fingerprint density at radius 3 is 2.71 bits per heavy atom. The van der Waals surface area contributed by atoms with Crippen LogP contribution in [0.4, 0.5) is 0 Å². The van der Waals surface area contributed by atoms with Crippen LogP contribution in [0.1, 0.15) is 32.3 Å². The lowest BCUT2D eigenvalue weighted by Crippen LogP contribution is -2.44. The van der Waals surface area contributed by atoms with E-state index in [9.17, 15) is 0 Å². The summed E-state index contributed by atoms with van der Waals surface area (Å²) in [7, 11) is 0. The van der Waals surface area contributed by atoms with Crippen LogP contribution in [0.2, 0.25) is 0 Å². The van der Waals surface area contributed by atoms with Crippen molar-refractivity contribution in [3.63, 3.8) is 0 Å². The van der Waals surface area contributed by atoms with E-state index in [4.69, 9.17) is 14.7 Å². The molecule has 112 valence electrons.